The Morgan fingerprint density at radius 2 is 1.96 bits per heavy atom. The Balaban J connectivity index is 1.88. The molecule has 3 N–H and O–H groups in total. The predicted octanol–water partition coefficient (Wildman–Crippen LogP) is 2.40. The van der Waals surface area contributed by atoms with Crippen molar-refractivity contribution in [3.8, 4) is 0 Å². The maximum absolute atomic E-state index is 13.3. The van der Waals surface area contributed by atoms with E-state index in [1.54, 1.807) is 6.07 Å². The Bertz CT molecular complexity index is 992. The zero-order valence-corrected chi connectivity index (χ0v) is 13.6. The summed E-state index contributed by atoms with van der Waals surface area (Å²) in [4.78, 5) is 8.51. The number of nitrogens with one attached hydrogen (secondary N) is 1. The van der Waals surface area contributed by atoms with Crippen molar-refractivity contribution in [2.45, 2.75) is 13.5 Å². The van der Waals surface area contributed by atoms with Crippen LogP contribution in [0.4, 0.5) is 8.78 Å². The number of aromatic nitrogens is 4. The van der Waals surface area contributed by atoms with Crippen molar-refractivity contribution in [2.75, 3.05) is 0 Å². The van der Waals surface area contributed by atoms with Crippen molar-refractivity contribution in [3.05, 3.63) is 71.8 Å². The third kappa shape index (κ3) is 3.32. The molecule has 0 aliphatic carbocycles. The minimum absolute atomic E-state index is 0.231. The average molecular weight is 342 g/mol. The minimum Gasteiger partial charge on any atom is -0.396 e. The molecule has 3 rings (SSSR count). The lowest BCUT2D eigenvalue weighted by Crippen LogP contribution is -2.15. The quantitative estimate of drug-likeness (QED) is 0.744. The summed E-state index contributed by atoms with van der Waals surface area (Å²) in [6, 6.07) is 5.50. The first-order valence-corrected chi connectivity index (χ1v) is 7.41. The molecule has 0 aliphatic rings. The van der Waals surface area contributed by atoms with Crippen molar-refractivity contribution in [2.24, 2.45) is 5.73 Å². The molecule has 128 valence electrons. The smallest absolute Gasteiger partial charge is 0.253 e. The molecule has 0 saturated carbocycles. The highest BCUT2D eigenvalue weighted by Gasteiger charge is 2.13. The van der Waals surface area contributed by atoms with E-state index in [0.29, 0.717) is 22.7 Å². The second-order valence-electron chi connectivity index (χ2n) is 5.54. The topological polar surface area (TPSA) is 81.1 Å². The van der Waals surface area contributed by atoms with Crippen molar-refractivity contribution in [1.82, 2.24) is 24.9 Å². The number of halogens is 2. The van der Waals surface area contributed by atoms with E-state index in [2.05, 4.69) is 33.5 Å². The van der Waals surface area contributed by atoms with Gasteiger partial charge < -0.3 is 11.1 Å². The van der Waals surface area contributed by atoms with Crippen molar-refractivity contribution < 1.29 is 8.78 Å². The molecule has 0 bridgehead atoms. The van der Waals surface area contributed by atoms with Gasteiger partial charge in [-0.2, -0.15) is 9.50 Å². The van der Waals surface area contributed by atoms with Crippen LogP contribution in [0.2, 0.25) is 0 Å². The number of benzene rings is 1. The Kier molecular flexibility index (Phi) is 4.18. The van der Waals surface area contributed by atoms with Gasteiger partial charge in [0, 0.05) is 12.2 Å². The van der Waals surface area contributed by atoms with Crippen LogP contribution in [0.3, 0.4) is 0 Å². The molecule has 0 saturated heterocycles. The van der Waals surface area contributed by atoms with E-state index in [9.17, 15) is 8.78 Å². The van der Waals surface area contributed by atoms with Crippen molar-refractivity contribution in [3.63, 3.8) is 0 Å². The largest absolute Gasteiger partial charge is 0.396 e. The van der Waals surface area contributed by atoms with Gasteiger partial charge >= 0.3 is 0 Å². The monoisotopic (exact) mass is 342 g/mol. The van der Waals surface area contributed by atoms with Gasteiger partial charge in [-0.15, -0.1) is 5.10 Å². The number of rotatable bonds is 5. The lowest BCUT2D eigenvalue weighted by Gasteiger charge is -2.11. The molecule has 6 nitrogen and oxygen atoms in total. The molecule has 0 unspecified atom stereocenters. The van der Waals surface area contributed by atoms with Crippen molar-refractivity contribution >= 4 is 17.2 Å². The van der Waals surface area contributed by atoms with Crippen LogP contribution >= 0.6 is 0 Å². The van der Waals surface area contributed by atoms with Crippen molar-refractivity contribution in [1.29, 1.82) is 0 Å². The molecule has 0 atom stereocenters. The lowest BCUT2D eigenvalue weighted by molar-refractivity contribution is 0.506. The zero-order chi connectivity index (χ0) is 18.1. The summed E-state index contributed by atoms with van der Waals surface area (Å²) >= 11 is 0. The van der Waals surface area contributed by atoms with Gasteiger partial charge in [0.05, 0.1) is 17.1 Å². The molecule has 2 aromatic heterocycles. The van der Waals surface area contributed by atoms with Crippen LogP contribution in [0.1, 0.15) is 22.8 Å². The molecule has 1 aromatic carbocycles. The Hall–Kier alpha value is -3.29. The second kappa shape index (κ2) is 6.31. The summed E-state index contributed by atoms with van der Waals surface area (Å²) in [7, 11) is 0. The zero-order valence-electron chi connectivity index (χ0n) is 13.6. The van der Waals surface area contributed by atoms with Crippen LogP contribution in [0.15, 0.2) is 37.4 Å². The highest BCUT2D eigenvalue weighted by atomic mass is 19.2. The molecule has 0 amide bonds. The number of fused-ring (bicyclic) bond motifs is 1. The highest BCUT2D eigenvalue weighted by molar-refractivity contribution is 5.62. The molecular formula is C17H16F2N6. The SMILES string of the molecule is C=C(N)c1nc2nc(C)cc(C(=C)NCc3ccc(F)c(F)c3)n2n1. The molecule has 2 heterocycles. The predicted molar refractivity (Wildman–Crippen MR) is 91.0 cm³/mol. The number of aryl methyl sites for hydroxylation is 1. The van der Waals surface area contributed by atoms with E-state index in [-0.39, 0.29) is 18.1 Å². The van der Waals surface area contributed by atoms with Crippen LogP contribution in [0.5, 0.6) is 0 Å². The van der Waals surface area contributed by atoms with E-state index in [0.717, 1.165) is 17.8 Å². The summed E-state index contributed by atoms with van der Waals surface area (Å²) < 4.78 is 27.8. The molecule has 8 heteroatoms. The average Bonchev–Trinajstić information content (AvgIpc) is 2.99. The fraction of sp³-hybridized carbons (Fsp3) is 0.118. The van der Waals surface area contributed by atoms with Gasteiger partial charge in [0.15, 0.2) is 17.5 Å². The van der Waals surface area contributed by atoms with E-state index in [1.165, 1.54) is 10.6 Å². The highest BCUT2D eigenvalue weighted by Crippen LogP contribution is 2.15. The Morgan fingerprint density at radius 1 is 1.20 bits per heavy atom. The number of nitrogens with zero attached hydrogens (tertiary/aromatic N) is 4. The molecule has 0 fully saturated rings. The summed E-state index contributed by atoms with van der Waals surface area (Å²) in [5.74, 6) is -1.12. The molecule has 25 heavy (non-hydrogen) atoms. The molecule has 0 radical (unpaired) electrons. The Labute approximate surface area is 142 Å². The first-order valence-electron chi connectivity index (χ1n) is 7.41. The maximum atomic E-state index is 13.3. The third-order valence-corrected chi connectivity index (χ3v) is 3.53. The summed E-state index contributed by atoms with van der Waals surface area (Å²) in [5, 5.41) is 7.33. The van der Waals surface area contributed by atoms with Gasteiger partial charge in [0.25, 0.3) is 5.78 Å². The molecule has 3 aromatic rings. The van der Waals surface area contributed by atoms with E-state index >= 15 is 0 Å². The van der Waals surface area contributed by atoms with Gasteiger partial charge in [-0.25, -0.2) is 13.8 Å². The number of nitrogens with two attached hydrogens (primary N) is 1. The minimum atomic E-state index is -0.894. The fourth-order valence-corrected chi connectivity index (χ4v) is 2.29. The van der Waals surface area contributed by atoms with Gasteiger partial charge in [0.1, 0.15) is 0 Å². The standard InChI is InChI=1S/C17H16F2N6/c1-9-6-15(25-17(22-9)23-16(24-25)10(2)20)11(3)21-8-12-4-5-13(18)14(19)7-12/h4-7,21H,2-3,8,20H2,1H3. The third-order valence-electron chi connectivity index (χ3n) is 3.53. The van der Waals surface area contributed by atoms with Gasteiger partial charge in [0.2, 0.25) is 0 Å². The number of hydrogen-bond acceptors (Lipinski definition) is 5. The fourth-order valence-electron chi connectivity index (χ4n) is 2.29. The second-order valence-corrected chi connectivity index (χ2v) is 5.54. The maximum Gasteiger partial charge on any atom is 0.253 e. The van der Waals surface area contributed by atoms with Crippen LogP contribution in [-0.4, -0.2) is 19.6 Å². The molecular weight excluding hydrogens is 326 g/mol. The van der Waals surface area contributed by atoms with Crippen LogP contribution in [-0.2, 0) is 6.54 Å². The molecule has 0 spiro atoms. The molecule has 0 aliphatic heterocycles. The lowest BCUT2D eigenvalue weighted by atomic mass is 10.2. The first-order chi connectivity index (χ1) is 11.8. The van der Waals surface area contributed by atoms with E-state index in [4.69, 9.17) is 5.73 Å². The summed E-state index contributed by atoms with van der Waals surface area (Å²) in [6.07, 6.45) is 0. The Morgan fingerprint density at radius 3 is 2.64 bits per heavy atom. The number of hydrogen-bond donors (Lipinski definition) is 2. The summed E-state index contributed by atoms with van der Waals surface area (Å²) in [6.45, 7) is 9.68. The van der Waals surface area contributed by atoms with Gasteiger partial charge in [-0.1, -0.05) is 19.2 Å². The van der Waals surface area contributed by atoms with Crippen LogP contribution in [0.25, 0.3) is 17.2 Å². The van der Waals surface area contributed by atoms with E-state index < -0.39 is 11.6 Å². The van der Waals surface area contributed by atoms with Crippen LogP contribution in [0, 0.1) is 18.6 Å². The normalized spacial score (nSPS) is 10.8. The van der Waals surface area contributed by atoms with E-state index in [1.807, 2.05) is 6.92 Å². The first kappa shape index (κ1) is 16.6. The van der Waals surface area contributed by atoms with Gasteiger partial charge in [-0.05, 0) is 30.7 Å². The van der Waals surface area contributed by atoms with Gasteiger partial charge in [-0.3, -0.25) is 0 Å². The summed E-state index contributed by atoms with van der Waals surface area (Å²) in [5.41, 5.74) is 8.33. The van der Waals surface area contributed by atoms with Crippen LogP contribution < -0.4 is 11.1 Å².